The van der Waals surface area contributed by atoms with Crippen molar-refractivity contribution in [1.82, 2.24) is 19.8 Å². The van der Waals surface area contributed by atoms with Crippen molar-refractivity contribution in [2.45, 2.75) is 19.8 Å². The predicted molar refractivity (Wildman–Crippen MR) is 99.4 cm³/mol. The molecular weight excluding hydrogens is 330 g/mol. The topological polar surface area (TPSA) is 78.4 Å². The number of aromatic nitrogens is 2. The fraction of sp³-hybridized carbons (Fsp3) is 0.368. The van der Waals surface area contributed by atoms with Crippen molar-refractivity contribution in [2.24, 2.45) is 0 Å². The maximum absolute atomic E-state index is 12.5. The number of para-hydroxylation sites is 1. The van der Waals surface area contributed by atoms with E-state index in [1.165, 1.54) is 5.56 Å². The van der Waals surface area contributed by atoms with Gasteiger partial charge in [-0.2, -0.15) is 0 Å². The molecule has 0 aliphatic carbocycles. The molecule has 1 aromatic heterocycles. The molecule has 0 spiro atoms. The first-order chi connectivity index (χ1) is 12.6. The number of nitrogens with one attached hydrogen (secondary N) is 1. The Morgan fingerprint density at radius 3 is 2.38 bits per heavy atom. The minimum absolute atomic E-state index is 0.107. The Morgan fingerprint density at radius 2 is 1.77 bits per heavy atom. The van der Waals surface area contributed by atoms with Crippen molar-refractivity contribution in [3.05, 3.63) is 47.8 Å². The van der Waals surface area contributed by atoms with Crippen LogP contribution in [0.4, 0.5) is 11.6 Å². The van der Waals surface area contributed by atoms with E-state index in [-0.39, 0.29) is 5.91 Å². The average molecular weight is 353 g/mol. The standard InChI is InChI=1S/C19H23N5O2/c1-14(2)16-5-3-4-6-17(16)22-19-20-11-15(12-21-19)18(26)24-9-7-23(13-25)8-10-24/h3-6,11-14H,7-10H2,1-2H3,(H,20,21,22). The number of benzene rings is 1. The highest BCUT2D eigenvalue weighted by Crippen LogP contribution is 2.25. The summed E-state index contributed by atoms with van der Waals surface area (Å²) in [7, 11) is 0. The second-order valence-electron chi connectivity index (χ2n) is 6.60. The van der Waals surface area contributed by atoms with Crippen LogP contribution in [0.2, 0.25) is 0 Å². The zero-order valence-corrected chi connectivity index (χ0v) is 15.1. The Bertz CT molecular complexity index is 768. The lowest BCUT2D eigenvalue weighted by atomic mass is 10.0. The van der Waals surface area contributed by atoms with Gasteiger partial charge in [-0.05, 0) is 17.5 Å². The first-order valence-electron chi connectivity index (χ1n) is 8.75. The molecule has 1 aliphatic heterocycles. The van der Waals surface area contributed by atoms with Crippen molar-refractivity contribution in [2.75, 3.05) is 31.5 Å². The second-order valence-corrected chi connectivity index (χ2v) is 6.60. The van der Waals surface area contributed by atoms with E-state index in [4.69, 9.17) is 0 Å². The van der Waals surface area contributed by atoms with Crippen LogP contribution in [0.5, 0.6) is 0 Å². The van der Waals surface area contributed by atoms with Gasteiger partial charge in [0.1, 0.15) is 0 Å². The molecule has 7 heteroatoms. The molecule has 0 unspecified atom stereocenters. The van der Waals surface area contributed by atoms with E-state index < -0.39 is 0 Å². The Labute approximate surface area is 153 Å². The number of nitrogens with zero attached hydrogens (tertiary/aromatic N) is 4. The first-order valence-corrected chi connectivity index (χ1v) is 8.75. The molecule has 1 aliphatic rings. The van der Waals surface area contributed by atoms with E-state index in [9.17, 15) is 9.59 Å². The molecule has 0 radical (unpaired) electrons. The number of piperazine rings is 1. The highest BCUT2D eigenvalue weighted by Gasteiger charge is 2.21. The second kappa shape index (κ2) is 7.95. The Morgan fingerprint density at radius 1 is 1.12 bits per heavy atom. The lowest BCUT2D eigenvalue weighted by Crippen LogP contribution is -2.48. The van der Waals surface area contributed by atoms with Gasteiger partial charge >= 0.3 is 0 Å². The largest absolute Gasteiger partial charge is 0.342 e. The molecule has 1 fully saturated rings. The fourth-order valence-electron chi connectivity index (χ4n) is 2.95. The third-order valence-electron chi connectivity index (χ3n) is 4.48. The van der Waals surface area contributed by atoms with Gasteiger partial charge in [-0.25, -0.2) is 9.97 Å². The van der Waals surface area contributed by atoms with Crippen LogP contribution in [0, 0.1) is 0 Å². The molecule has 2 aromatic rings. The molecule has 2 heterocycles. The van der Waals surface area contributed by atoms with Crippen molar-refractivity contribution in [1.29, 1.82) is 0 Å². The lowest BCUT2D eigenvalue weighted by molar-refractivity contribution is -0.119. The van der Waals surface area contributed by atoms with Crippen LogP contribution in [0.1, 0.15) is 35.7 Å². The van der Waals surface area contributed by atoms with Crippen LogP contribution < -0.4 is 5.32 Å². The Hall–Kier alpha value is -2.96. The summed E-state index contributed by atoms with van der Waals surface area (Å²) in [5.74, 6) is 0.731. The third-order valence-corrected chi connectivity index (χ3v) is 4.48. The molecule has 7 nitrogen and oxygen atoms in total. The molecular formula is C19H23N5O2. The van der Waals surface area contributed by atoms with E-state index in [0.717, 1.165) is 12.1 Å². The van der Waals surface area contributed by atoms with Gasteiger partial charge in [0.25, 0.3) is 5.91 Å². The molecule has 2 amide bonds. The maximum atomic E-state index is 12.5. The summed E-state index contributed by atoms with van der Waals surface area (Å²) in [5, 5.41) is 3.22. The van der Waals surface area contributed by atoms with Crippen molar-refractivity contribution in [3.8, 4) is 0 Å². The van der Waals surface area contributed by atoms with Gasteiger partial charge < -0.3 is 15.1 Å². The maximum Gasteiger partial charge on any atom is 0.257 e. The molecule has 0 saturated carbocycles. The van der Waals surface area contributed by atoms with Crippen molar-refractivity contribution >= 4 is 24.0 Å². The number of rotatable bonds is 5. The molecule has 26 heavy (non-hydrogen) atoms. The highest BCUT2D eigenvalue weighted by molar-refractivity contribution is 5.93. The SMILES string of the molecule is CC(C)c1ccccc1Nc1ncc(C(=O)N2CCN(C=O)CC2)cn1. The number of amides is 2. The Balaban J connectivity index is 1.67. The van der Waals surface area contributed by atoms with Crippen LogP contribution in [0.15, 0.2) is 36.7 Å². The van der Waals surface area contributed by atoms with Gasteiger partial charge in [-0.1, -0.05) is 32.0 Å². The van der Waals surface area contributed by atoms with E-state index in [0.29, 0.717) is 43.6 Å². The monoisotopic (exact) mass is 353 g/mol. The molecule has 0 bridgehead atoms. The molecule has 3 rings (SSSR count). The van der Waals surface area contributed by atoms with Gasteiger partial charge in [0.15, 0.2) is 0 Å². The smallest absolute Gasteiger partial charge is 0.257 e. The zero-order chi connectivity index (χ0) is 18.5. The molecule has 1 N–H and O–H groups in total. The molecule has 0 atom stereocenters. The summed E-state index contributed by atoms with van der Waals surface area (Å²) < 4.78 is 0. The molecule has 1 saturated heterocycles. The highest BCUT2D eigenvalue weighted by atomic mass is 16.2. The van der Waals surface area contributed by atoms with E-state index in [1.807, 2.05) is 18.2 Å². The van der Waals surface area contributed by atoms with Gasteiger partial charge in [0, 0.05) is 44.3 Å². The van der Waals surface area contributed by atoms with Gasteiger partial charge in [0.05, 0.1) is 5.56 Å². The fourth-order valence-corrected chi connectivity index (χ4v) is 2.95. The summed E-state index contributed by atoms with van der Waals surface area (Å²) in [5.41, 5.74) is 2.60. The van der Waals surface area contributed by atoms with E-state index in [2.05, 4.69) is 35.2 Å². The predicted octanol–water partition coefficient (Wildman–Crippen LogP) is 2.26. The number of carbonyl (C=O) groups is 2. The molecule has 136 valence electrons. The quantitative estimate of drug-likeness (QED) is 0.834. The summed E-state index contributed by atoms with van der Waals surface area (Å²) in [6.45, 7) is 6.43. The van der Waals surface area contributed by atoms with Crippen LogP contribution in [-0.4, -0.2) is 58.3 Å². The van der Waals surface area contributed by atoms with Gasteiger partial charge in [-0.3, -0.25) is 9.59 Å². The Kier molecular flexibility index (Phi) is 5.46. The van der Waals surface area contributed by atoms with Gasteiger partial charge in [-0.15, -0.1) is 0 Å². The third kappa shape index (κ3) is 3.99. The van der Waals surface area contributed by atoms with Crippen LogP contribution in [0.3, 0.4) is 0 Å². The first kappa shape index (κ1) is 17.8. The van der Waals surface area contributed by atoms with Gasteiger partial charge in [0.2, 0.25) is 12.4 Å². The van der Waals surface area contributed by atoms with Crippen LogP contribution in [-0.2, 0) is 4.79 Å². The number of anilines is 2. The molecule has 1 aromatic carbocycles. The van der Waals surface area contributed by atoms with Crippen molar-refractivity contribution in [3.63, 3.8) is 0 Å². The van der Waals surface area contributed by atoms with Crippen molar-refractivity contribution < 1.29 is 9.59 Å². The van der Waals surface area contributed by atoms with Crippen LogP contribution in [0.25, 0.3) is 0 Å². The zero-order valence-electron chi connectivity index (χ0n) is 15.1. The summed E-state index contributed by atoms with van der Waals surface area (Å²) in [6, 6.07) is 8.03. The summed E-state index contributed by atoms with van der Waals surface area (Å²) in [4.78, 5) is 35.2. The average Bonchev–Trinajstić information content (AvgIpc) is 2.68. The van der Waals surface area contributed by atoms with E-state index >= 15 is 0 Å². The lowest BCUT2D eigenvalue weighted by Gasteiger charge is -2.32. The normalized spacial score (nSPS) is 14.4. The number of hydrogen-bond donors (Lipinski definition) is 1. The summed E-state index contributed by atoms with van der Waals surface area (Å²) >= 11 is 0. The minimum atomic E-state index is -0.107. The number of hydrogen-bond acceptors (Lipinski definition) is 5. The van der Waals surface area contributed by atoms with E-state index in [1.54, 1.807) is 22.2 Å². The minimum Gasteiger partial charge on any atom is -0.342 e. The number of carbonyl (C=O) groups excluding carboxylic acids is 2. The summed E-state index contributed by atoms with van der Waals surface area (Å²) in [6.07, 6.45) is 3.91. The van der Waals surface area contributed by atoms with Crippen LogP contribution >= 0.6 is 0 Å².